The first-order valence-electron chi connectivity index (χ1n) is 7.21. The largest absolute Gasteiger partial charge is 0.383 e. The molecule has 0 aliphatic carbocycles. The van der Waals surface area contributed by atoms with Crippen LogP contribution in [0.4, 0.5) is 17.5 Å². The maximum atomic E-state index is 5.93. The Morgan fingerprint density at radius 3 is 2.36 bits per heavy atom. The first kappa shape index (κ1) is 14.9. The topological polar surface area (TPSA) is 84.3 Å². The lowest BCUT2D eigenvalue weighted by Crippen LogP contribution is -2.46. The van der Waals surface area contributed by atoms with E-state index in [1.54, 1.807) is 6.20 Å². The minimum absolute atomic E-state index is 0.216. The van der Waals surface area contributed by atoms with Gasteiger partial charge >= 0.3 is 0 Å². The van der Waals surface area contributed by atoms with E-state index < -0.39 is 0 Å². The molecule has 1 aliphatic heterocycles. The van der Waals surface area contributed by atoms with Crippen LogP contribution in [0.25, 0.3) is 0 Å². The number of nitrogens with zero attached hydrogens (tertiary/aromatic N) is 4. The summed E-state index contributed by atoms with van der Waals surface area (Å²) in [4.78, 5) is 12.7. The highest BCUT2D eigenvalue weighted by Gasteiger charge is 2.18. The van der Waals surface area contributed by atoms with Crippen molar-refractivity contribution in [2.45, 2.75) is 6.54 Å². The van der Waals surface area contributed by atoms with E-state index in [0.29, 0.717) is 5.82 Å². The fraction of sp³-hybridized carbons (Fsp3) is 0.333. The van der Waals surface area contributed by atoms with Crippen molar-refractivity contribution < 1.29 is 0 Å². The average Bonchev–Trinajstić information content (AvgIpc) is 2.52. The summed E-state index contributed by atoms with van der Waals surface area (Å²) < 4.78 is 0. The van der Waals surface area contributed by atoms with Gasteiger partial charge in [-0.25, -0.2) is 4.98 Å². The first-order chi connectivity index (χ1) is 10.6. The molecule has 0 saturated carbocycles. The van der Waals surface area contributed by atoms with Crippen molar-refractivity contribution in [2.75, 3.05) is 42.5 Å². The summed E-state index contributed by atoms with van der Waals surface area (Å²) in [5.74, 6) is 0.682. The van der Waals surface area contributed by atoms with Gasteiger partial charge in [0.2, 0.25) is 5.95 Å². The molecule has 0 spiro atoms. The molecule has 7 heteroatoms. The Morgan fingerprint density at radius 2 is 1.73 bits per heavy atom. The van der Waals surface area contributed by atoms with Crippen molar-refractivity contribution in [3.63, 3.8) is 0 Å². The molecule has 1 aliphatic rings. The molecule has 6 nitrogen and oxygen atoms in total. The summed E-state index contributed by atoms with van der Waals surface area (Å²) >= 11 is 5.93. The van der Waals surface area contributed by atoms with Crippen molar-refractivity contribution in [3.05, 3.63) is 41.0 Å². The molecule has 0 radical (unpaired) electrons. The van der Waals surface area contributed by atoms with Crippen LogP contribution in [0.1, 0.15) is 5.56 Å². The second kappa shape index (κ2) is 6.37. The third-order valence-electron chi connectivity index (χ3n) is 3.87. The SMILES string of the molecule is Nc1ncc(CN2CCN(c3ccc(Cl)cc3)CC2)c(N)n1. The van der Waals surface area contributed by atoms with Gasteiger partial charge in [0.05, 0.1) is 0 Å². The monoisotopic (exact) mass is 318 g/mol. The predicted octanol–water partition coefficient (Wildman–Crippen LogP) is 1.62. The lowest BCUT2D eigenvalue weighted by molar-refractivity contribution is 0.250. The van der Waals surface area contributed by atoms with Gasteiger partial charge in [0.25, 0.3) is 0 Å². The summed E-state index contributed by atoms with van der Waals surface area (Å²) in [5.41, 5.74) is 13.5. The standard InChI is InChI=1S/C15H19ClN6/c16-12-1-3-13(4-2-12)22-7-5-21(6-8-22)10-11-9-19-15(18)20-14(11)17/h1-4,9H,5-8,10H2,(H4,17,18,19,20). The van der Waals surface area contributed by atoms with Crippen molar-refractivity contribution in [3.8, 4) is 0 Å². The molecule has 0 atom stereocenters. The van der Waals surface area contributed by atoms with Gasteiger partial charge in [0.1, 0.15) is 5.82 Å². The number of aromatic nitrogens is 2. The fourth-order valence-electron chi connectivity index (χ4n) is 2.61. The van der Waals surface area contributed by atoms with Gasteiger partial charge < -0.3 is 16.4 Å². The molecular formula is C15H19ClN6. The zero-order valence-electron chi connectivity index (χ0n) is 12.2. The maximum absolute atomic E-state index is 5.93. The molecule has 0 amide bonds. The Morgan fingerprint density at radius 1 is 1.05 bits per heavy atom. The third-order valence-corrected chi connectivity index (χ3v) is 4.13. The number of piperazine rings is 1. The lowest BCUT2D eigenvalue weighted by Gasteiger charge is -2.36. The number of anilines is 3. The second-order valence-electron chi connectivity index (χ2n) is 5.38. The number of halogens is 1. The molecule has 2 heterocycles. The molecule has 3 rings (SSSR count). The molecule has 1 fully saturated rings. The maximum Gasteiger partial charge on any atom is 0.221 e. The second-order valence-corrected chi connectivity index (χ2v) is 5.81. The molecule has 1 aromatic carbocycles. The van der Waals surface area contributed by atoms with Crippen LogP contribution < -0.4 is 16.4 Å². The van der Waals surface area contributed by atoms with E-state index in [1.807, 2.05) is 12.1 Å². The number of nitrogens with two attached hydrogens (primary N) is 2. The molecule has 4 N–H and O–H groups in total. The van der Waals surface area contributed by atoms with Crippen molar-refractivity contribution in [1.29, 1.82) is 0 Å². The summed E-state index contributed by atoms with van der Waals surface area (Å²) in [6.07, 6.45) is 1.71. The predicted molar refractivity (Wildman–Crippen MR) is 89.8 cm³/mol. The molecule has 1 aromatic heterocycles. The van der Waals surface area contributed by atoms with Gasteiger partial charge in [0.15, 0.2) is 0 Å². The van der Waals surface area contributed by atoms with Crippen molar-refractivity contribution in [1.82, 2.24) is 14.9 Å². The molecule has 2 aromatic rings. The smallest absolute Gasteiger partial charge is 0.221 e. The molecule has 22 heavy (non-hydrogen) atoms. The van der Waals surface area contributed by atoms with E-state index in [2.05, 4.69) is 31.9 Å². The first-order valence-corrected chi connectivity index (χ1v) is 7.59. The van der Waals surface area contributed by atoms with Crippen LogP contribution in [0.2, 0.25) is 5.02 Å². The van der Waals surface area contributed by atoms with Crippen LogP contribution in [-0.4, -0.2) is 41.0 Å². The summed E-state index contributed by atoms with van der Waals surface area (Å²) in [6.45, 7) is 4.62. The normalized spacial score (nSPS) is 16.0. The Hall–Kier alpha value is -2.05. The quantitative estimate of drug-likeness (QED) is 0.894. The summed E-state index contributed by atoms with van der Waals surface area (Å²) in [6, 6.07) is 7.97. The highest BCUT2D eigenvalue weighted by atomic mass is 35.5. The van der Waals surface area contributed by atoms with Gasteiger partial charge in [-0.1, -0.05) is 11.6 Å². The minimum atomic E-state index is 0.216. The molecule has 0 unspecified atom stereocenters. The number of nitrogen functional groups attached to an aromatic ring is 2. The van der Waals surface area contributed by atoms with E-state index in [1.165, 1.54) is 5.69 Å². The van der Waals surface area contributed by atoms with Crippen LogP contribution >= 0.6 is 11.6 Å². The molecular weight excluding hydrogens is 300 g/mol. The third kappa shape index (κ3) is 3.40. The minimum Gasteiger partial charge on any atom is -0.383 e. The summed E-state index contributed by atoms with van der Waals surface area (Å²) in [5, 5.41) is 0.765. The zero-order valence-corrected chi connectivity index (χ0v) is 13.0. The highest BCUT2D eigenvalue weighted by molar-refractivity contribution is 6.30. The summed E-state index contributed by atoms with van der Waals surface area (Å²) in [7, 11) is 0. The van der Waals surface area contributed by atoms with Crippen LogP contribution in [0, 0.1) is 0 Å². The zero-order chi connectivity index (χ0) is 15.5. The van der Waals surface area contributed by atoms with E-state index in [9.17, 15) is 0 Å². The fourth-order valence-corrected chi connectivity index (χ4v) is 2.74. The van der Waals surface area contributed by atoms with Gasteiger partial charge in [-0.2, -0.15) is 4.98 Å². The van der Waals surface area contributed by atoms with Crippen LogP contribution in [0.3, 0.4) is 0 Å². The van der Waals surface area contributed by atoms with Crippen molar-refractivity contribution in [2.24, 2.45) is 0 Å². The van der Waals surface area contributed by atoms with Gasteiger partial charge in [0, 0.05) is 55.2 Å². The van der Waals surface area contributed by atoms with Crippen LogP contribution in [0.15, 0.2) is 30.5 Å². The van der Waals surface area contributed by atoms with E-state index >= 15 is 0 Å². The van der Waals surface area contributed by atoms with Gasteiger partial charge in [-0.05, 0) is 24.3 Å². The Bertz CT molecular complexity index is 637. The van der Waals surface area contributed by atoms with Gasteiger partial charge in [-0.3, -0.25) is 4.90 Å². The number of benzene rings is 1. The van der Waals surface area contributed by atoms with Crippen molar-refractivity contribution >= 4 is 29.1 Å². The van der Waals surface area contributed by atoms with E-state index in [-0.39, 0.29) is 5.95 Å². The highest BCUT2D eigenvalue weighted by Crippen LogP contribution is 2.20. The molecule has 0 bridgehead atoms. The van der Waals surface area contributed by atoms with E-state index in [4.69, 9.17) is 23.1 Å². The molecule has 116 valence electrons. The number of rotatable bonds is 3. The number of hydrogen-bond donors (Lipinski definition) is 2. The van der Waals surface area contributed by atoms with Crippen LogP contribution in [-0.2, 0) is 6.54 Å². The lowest BCUT2D eigenvalue weighted by atomic mass is 10.2. The Kier molecular flexibility index (Phi) is 4.31. The Labute approximate surface area is 134 Å². The van der Waals surface area contributed by atoms with Crippen LogP contribution in [0.5, 0.6) is 0 Å². The van der Waals surface area contributed by atoms with Gasteiger partial charge in [-0.15, -0.1) is 0 Å². The van der Waals surface area contributed by atoms with E-state index in [0.717, 1.165) is 43.3 Å². The average molecular weight is 319 g/mol. The number of hydrogen-bond acceptors (Lipinski definition) is 6. The molecule has 1 saturated heterocycles. The Balaban J connectivity index is 1.58.